The highest BCUT2D eigenvalue weighted by atomic mass is 16.1. The van der Waals surface area contributed by atoms with E-state index in [1.54, 1.807) is 6.92 Å². The third kappa shape index (κ3) is 8.46. The van der Waals surface area contributed by atoms with Crippen molar-refractivity contribution >= 4 is 5.91 Å². The van der Waals surface area contributed by atoms with Crippen LogP contribution in [0.1, 0.15) is 102 Å². The molecule has 184 valence electrons. The molecule has 2 aromatic rings. The second kappa shape index (κ2) is 14.1. The first-order valence-corrected chi connectivity index (χ1v) is 13.7. The van der Waals surface area contributed by atoms with Crippen molar-refractivity contribution in [2.24, 2.45) is 5.92 Å². The van der Waals surface area contributed by atoms with Gasteiger partial charge in [-0.1, -0.05) is 101 Å². The SMILES string of the molecule is C=C(C)C(=O)NCCCc1ccc(-c2ccc(C3CCC(CCCCCCC)CC3)cc2)cc1. The van der Waals surface area contributed by atoms with Gasteiger partial charge in [-0.25, -0.2) is 0 Å². The quantitative estimate of drug-likeness (QED) is 0.236. The molecule has 0 heterocycles. The molecule has 0 atom stereocenters. The number of carbonyl (C=O) groups is 1. The number of benzene rings is 2. The fourth-order valence-corrected chi connectivity index (χ4v) is 5.28. The highest BCUT2D eigenvalue weighted by Crippen LogP contribution is 2.38. The molecule has 1 aliphatic carbocycles. The largest absolute Gasteiger partial charge is 0.352 e. The van der Waals surface area contributed by atoms with Gasteiger partial charge in [0.15, 0.2) is 0 Å². The Morgan fingerprint density at radius 3 is 2.09 bits per heavy atom. The molecule has 1 fully saturated rings. The van der Waals surface area contributed by atoms with Crippen LogP contribution in [-0.4, -0.2) is 12.5 Å². The van der Waals surface area contributed by atoms with Gasteiger partial charge in [0.1, 0.15) is 0 Å². The van der Waals surface area contributed by atoms with Crippen LogP contribution in [0.3, 0.4) is 0 Å². The maximum atomic E-state index is 11.6. The molecule has 1 saturated carbocycles. The molecule has 1 N–H and O–H groups in total. The van der Waals surface area contributed by atoms with E-state index in [2.05, 4.69) is 67.4 Å². The second-order valence-corrected chi connectivity index (χ2v) is 10.4. The number of rotatable bonds is 13. The van der Waals surface area contributed by atoms with Gasteiger partial charge in [0.25, 0.3) is 0 Å². The Hall–Kier alpha value is -2.35. The van der Waals surface area contributed by atoms with E-state index in [-0.39, 0.29) is 5.91 Å². The van der Waals surface area contributed by atoms with Crippen LogP contribution in [0, 0.1) is 5.92 Å². The predicted octanol–water partition coefficient (Wildman–Crippen LogP) is 8.61. The Balaban J connectivity index is 1.41. The molecule has 0 spiro atoms. The molecule has 2 nitrogen and oxygen atoms in total. The van der Waals surface area contributed by atoms with Crippen molar-refractivity contribution in [3.63, 3.8) is 0 Å². The molecule has 1 aliphatic rings. The molecule has 0 aliphatic heterocycles. The Kier molecular flexibility index (Phi) is 10.9. The summed E-state index contributed by atoms with van der Waals surface area (Å²) in [5.74, 6) is 1.67. The van der Waals surface area contributed by atoms with E-state index in [4.69, 9.17) is 0 Å². The van der Waals surface area contributed by atoms with Crippen LogP contribution in [0.4, 0.5) is 0 Å². The first-order valence-electron chi connectivity index (χ1n) is 13.7. The number of carbonyl (C=O) groups excluding carboxylic acids is 1. The molecule has 2 heteroatoms. The van der Waals surface area contributed by atoms with E-state index in [9.17, 15) is 4.79 Å². The topological polar surface area (TPSA) is 29.1 Å². The number of unbranched alkanes of at least 4 members (excludes halogenated alkanes) is 4. The first-order chi connectivity index (χ1) is 16.6. The Morgan fingerprint density at radius 2 is 1.47 bits per heavy atom. The van der Waals surface area contributed by atoms with Gasteiger partial charge in [-0.3, -0.25) is 4.79 Å². The van der Waals surface area contributed by atoms with Gasteiger partial charge in [-0.05, 0) is 79.5 Å². The summed E-state index contributed by atoms with van der Waals surface area (Å²) < 4.78 is 0. The molecule has 0 unspecified atom stereocenters. The highest BCUT2D eigenvalue weighted by molar-refractivity contribution is 5.92. The third-order valence-corrected chi connectivity index (χ3v) is 7.55. The minimum Gasteiger partial charge on any atom is -0.352 e. The maximum Gasteiger partial charge on any atom is 0.246 e. The lowest BCUT2D eigenvalue weighted by atomic mass is 9.77. The predicted molar refractivity (Wildman–Crippen MR) is 146 cm³/mol. The standard InChI is InChI=1S/C32H45NO/c1-4-5-6-7-8-10-26-12-16-28(17-13-26)30-20-22-31(23-21-30)29-18-14-27(15-19-29)11-9-24-33-32(34)25(2)3/h14-15,18-23,26,28H,2,4-13,16-17,24H2,1,3H3,(H,33,34). The van der Waals surface area contributed by atoms with Crippen molar-refractivity contribution < 1.29 is 4.79 Å². The van der Waals surface area contributed by atoms with Crippen LogP contribution >= 0.6 is 0 Å². The molecule has 0 aromatic heterocycles. The molecule has 0 saturated heterocycles. The molecule has 0 radical (unpaired) electrons. The monoisotopic (exact) mass is 459 g/mol. The zero-order chi connectivity index (χ0) is 24.2. The van der Waals surface area contributed by atoms with E-state index >= 15 is 0 Å². The summed E-state index contributed by atoms with van der Waals surface area (Å²) in [4.78, 5) is 11.6. The van der Waals surface area contributed by atoms with E-state index in [1.165, 1.54) is 86.5 Å². The number of amides is 1. The van der Waals surface area contributed by atoms with Crippen LogP contribution in [0.2, 0.25) is 0 Å². The first kappa shape index (κ1) is 26.3. The van der Waals surface area contributed by atoms with Crippen molar-refractivity contribution in [3.8, 4) is 11.1 Å². The highest BCUT2D eigenvalue weighted by Gasteiger charge is 2.22. The number of hydrogen-bond donors (Lipinski definition) is 1. The van der Waals surface area contributed by atoms with Crippen molar-refractivity contribution in [3.05, 3.63) is 71.8 Å². The van der Waals surface area contributed by atoms with Gasteiger partial charge in [0.2, 0.25) is 5.91 Å². The van der Waals surface area contributed by atoms with Gasteiger partial charge in [-0.15, -0.1) is 0 Å². The summed E-state index contributed by atoms with van der Waals surface area (Å²) in [6.07, 6.45) is 16.0. The van der Waals surface area contributed by atoms with E-state index < -0.39 is 0 Å². The number of hydrogen-bond acceptors (Lipinski definition) is 1. The van der Waals surface area contributed by atoms with Crippen LogP contribution in [0.5, 0.6) is 0 Å². The summed E-state index contributed by atoms with van der Waals surface area (Å²) in [7, 11) is 0. The number of aryl methyl sites for hydroxylation is 1. The normalized spacial score (nSPS) is 17.9. The molecular formula is C32H45NO. The van der Waals surface area contributed by atoms with Crippen LogP contribution < -0.4 is 5.32 Å². The van der Waals surface area contributed by atoms with Crippen molar-refractivity contribution in [2.75, 3.05) is 6.54 Å². The lowest BCUT2D eigenvalue weighted by molar-refractivity contribution is -0.117. The molecule has 34 heavy (non-hydrogen) atoms. The van der Waals surface area contributed by atoms with Crippen molar-refractivity contribution in [1.82, 2.24) is 5.32 Å². The van der Waals surface area contributed by atoms with Gasteiger partial charge in [-0.2, -0.15) is 0 Å². The second-order valence-electron chi connectivity index (χ2n) is 10.4. The summed E-state index contributed by atoms with van der Waals surface area (Å²) in [5.41, 5.74) is 5.98. The lowest BCUT2D eigenvalue weighted by Crippen LogP contribution is -2.24. The van der Waals surface area contributed by atoms with E-state index in [0.29, 0.717) is 12.1 Å². The van der Waals surface area contributed by atoms with Gasteiger partial charge in [0, 0.05) is 12.1 Å². The van der Waals surface area contributed by atoms with Gasteiger partial charge in [0.05, 0.1) is 0 Å². The fraction of sp³-hybridized carbons (Fsp3) is 0.531. The van der Waals surface area contributed by atoms with E-state index in [1.807, 2.05) is 0 Å². The molecule has 1 amide bonds. The Bertz CT molecular complexity index is 872. The summed E-state index contributed by atoms with van der Waals surface area (Å²) in [6, 6.07) is 18.2. The fourth-order valence-electron chi connectivity index (χ4n) is 5.28. The maximum absolute atomic E-state index is 11.6. The minimum absolute atomic E-state index is 0.0513. The summed E-state index contributed by atoms with van der Waals surface area (Å²) in [5, 5.41) is 2.90. The van der Waals surface area contributed by atoms with Crippen LogP contribution in [0.25, 0.3) is 11.1 Å². The van der Waals surface area contributed by atoms with Crippen molar-refractivity contribution in [1.29, 1.82) is 0 Å². The van der Waals surface area contributed by atoms with Crippen LogP contribution in [-0.2, 0) is 11.2 Å². The minimum atomic E-state index is -0.0513. The summed E-state index contributed by atoms with van der Waals surface area (Å²) >= 11 is 0. The molecular weight excluding hydrogens is 414 g/mol. The van der Waals surface area contributed by atoms with Gasteiger partial charge < -0.3 is 5.32 Å². The Labute approximate surface area is 208 Å². The smallest absolute Gasteiger partial charge is 0.246 e. The zero-order valence-corrected chi connectivity index (χ0v) is 21.6. The average Bonchev–Trinajstić information content (AvgIpc) is 2.87. The molecule has 3 rings (SSSR count). The molecule has 2 aromatic carbocycles. The Morgan fingerprint density at radius 1 is 0.853 bits per heavy atom. The lowest BCUT2D eigenvalue weighted by Gasteiger charge is -2.29. The van der Waals surface area contributed by atoms with Crippen molar-refractivity contribution in [2.45, 2.75) is 96.8 Å². The number of nitrogens with one attached hydrogen (secondary N) is 1. The van der Waals surface area contributed by atoms with Gasteiger partial charge >= 0.3 is 0 Å². The zero-order valence-electron chi connectivity index (χ0n) is 21.6. The summed E-state index contributed by atoms with van der Waals surface area (Å²) in [6.45, 7) is 8.39. The molecule has 0 bridgehead atoms. The third-order valence-electron chi connectivity index (χ3n) is 7.55. The van der Waals surface area contributed by atoms with E-state index in [0.717, 1.165) is 24.7 Å². The average molecular weight is 460 g/mol. The van der Waals surface area contributed by atoms with Crippen LogP contribution in [0.15, 0.2) is 60.7 Å².